The van der Waals surface area contributed by atoms with E-state index in [1.54, 1.807) is 12.1 Å². The molecule has 1 amide bonds. The zero-order valence-electron chi connectivity index (χ0n) is 15.1. The van der Waals surface area contributed by atoms with Gasteiger partial charge in [-0.3, -0.25) is 24.5 Å². The molecule has 29 heavy (non-hydrogen) atoms. The Hall–Kier alpha value is -3.12. The van der Waals surface area contributed by atoms with Crippen molar-refractivity contribution in [3.05, 3.63) is 52.6 Å². The standard InChI is InChI=1S/C18H19N5O6/c24-7-10-13(26)14(27)17(29-10)23-8-19-12-15(23)21-18(22-16(12)28)20-11(25)6-9-4-2-1-3-5-9/h1-5,8,10,13-14,17,24,26-27H,6-7H2,(H2,20,21,22,25,28)/t10-,13+,14+,17-/m1/s1. The molecule has 11 heteroatoms. The number of nitrogens with one attached hydrogen (secondary N) is 2. The molecule has 4 rings (SSSR count). The first kappa shape index (κ1) is 19.2. The number of carbonyl (C=O) groups excluding carboxylic acids is 1. The highest BCUT2D eigenvalue weighted by atomic mass is 16.6. The van der Waals surface area contributed by atoms with Gasteiger partial charge < -0.3 is 20.1 Å². The molecule has 152 valence electrons. The Morgan fingerprint density at radius 3 is 2.69 bits per heavy atom. The molecular weight excluding hydrogens is 382 g/mol. The second-order valence-electron chi connectivity index (χ2n) is 6.68. The largest absolute Gasteiger partial charge is 0.394 e. The number of anilines is 1. The highest BCUT2D eigenvalue weighted by molar-refractivity contribution is 5.91. The first-order chi connectivity index (χ1) is 14.0. The molecule has 1 fully saturated rings. The van der Waals surface area contributed by atoms with Crippen LogP contribution in [0.15, 0.2) is 41.5 Å². The quantitative estimate of drug-likeness (QED) is 0.360. The lowest BCUT2D eigenvalue weighted by Gasteiger charge is -2.16. The summed E-state index contributed by atoms with van der Waals surface area (Å²) < 4.78 is 6.74. The van der Waals surface area contributed by atoms with Crippen molar-refractivity contribution in [3.63, 3.8) is 0 Å². The van der Waals surface area contributed by atoms with Crippen molar-refractivity contribution < 1.29 is 24.9 Å². The monoisotopic (exact) mass is 401 g/mol. The lowest BCUT2D eigenvalue weighted by molar-refractivity contribution is -0.115. The fraction of sp³-hybridized carbons (Fsp3) is 0.333. The van der Waals surface area contributed by atoms with E-state index in [-0.39, 0.29) is 29.4 Å². The summed E-state index contributed by atoms with van der Waals surface area (Å²) in [6.07, 6.45) is -3.43. The van der Waals surface area contributed by atoms with Gasteiger partial charge in [-0.2, -0.15) is 4.98 Å². The Morgan fingerprint density at radius 2 is 2.00 bits per heavy atom. The van der Waals surface area contributed by atoms with E-state index >= 15 is 0 Å². The number of hydrogen-bond donors (Lipinski definition) is 5. The van der Waals surface area contributed by atoms with Gasteiger partial charge in [-0.25, -0.2) is 4.98 Å². The Labute approximate surface area is 163 Å². The van der Waals surface area contributed by atoms with Crippen molar-refractivity contribution in [3.8, 4) is 0 Å². The van der Waals surface area contributed by atoms with Gasteiger partial charge in [0.05, 0.1) is 19.4 Å². The van der Waals surface area contributed by atoms with Crippen LogP contribution in [0, 0.1) is 0 Å². The zero-order valence-corrected chi connectivity index (χ0v) is 15.1. The van der Waals surface area contributed by atoms with Crippen molar-refractivity contribution in [1.82, 2.24) is 19.5 Å². The van der Waals surface area contributed by atoms with Crippen molar-refractivity contribution in [2.75, 3.05) is 11.9 Å². The topological polar surface area (TPSA) is 163 Å². The summed E-state index contributed by atoms with van der Waals surface area (Å²) in [4.78, 5) is 35.2. The fourth-order valence-electron chi connectivity index (χ4n) is 3.24. The van der Waals surface area contributed by atoms with Crippen LogP contribution in [0.5, 0.6) is 0 Å². The van der Waals surface area contributed by atoms with Gasteiger partial charge in [-0.15, -0.1) is 0 Å². The molecule has 0 unspecified atom stereocenters. The number of aromatic amines is 1. The van der Waals surface area contributed by atoms with Crippen LogP contribution in [0.1, 0.15) is 11.8 Å². The molecule has 0 saturated carbocycles. The maximum absolute atomic E-state index is 12.3. The molecule has 0 aliphatic carbocycles. The number of aliphatic hydroxyl groups is 3. The van der Waals surface area contributed by atoms with Gasteiger partial charge in [0.25, 0.3) is 5.56 Å². The average molecular weight is 401 g/mol. The first-order valence-corrected chi connectivity index (χ1v) is 8.91. The van der Waals surface area contributed by atoms with Gasteiger partial charge in [0, 0.05) is 0 Å². The number of nitrogens with zero attached hydrogens (tertiary/aromatic N) is 3. The Bertz CT molecular complexity index is 1080. The number of hydrogen-bond acceptors (Lipinski definition) is 8. The van der Waals surface area contributed by atoms with Crippen LogP contribution in [0.3, 0.4) is 0 Å². The Kier molecular flexibility index (Phi) is 5.11. The van der Waals surface area contributed by atoms with Gasteiger partial charge in [0.1, 0.15) is 18.3 Å². The number of benzene rings is 1. The number of carbonyl (C=O) groups is 1. The second-order valence-corrected chi connectivity index (χ2v) is 6.68. The number of aliphatic hydroxyl groups excluding tert-OH is 3. The maximum atomic E-state index is 12.3. The molecule has 4 atom stereocenters. The van der Waals surface area contributed by atoms with E-state index in [9.17, 15) is 24.9 Å². The molecule has 0 radical (unpaired) electrons. The zero-order chi connectivity index (χ0) is 20.5. The number of fused-ring (bicyclic) bond motifs is 1. The minimum Gasteiger partial charge on any atom is -0.394 e. The molecule has 1 saturated heterocycles. The molecule has 3 aromatic rings. The van der Waals surface area contributed by atoms with Crippen LogP contribution in [0.4, 0.5) is 5.95 Å². The summed E-state index contributed by atoms with van der Waals surface area (Å²) in [7, 11) is 0. The minimum absolute atomic E-state index is 0.0243. The van der Waals surface area contributed by atoms with Crippen LogP contribution >= 0.6 is 0 Å². The van der Waals surface area contributed by atoms with E-state index in [4.69, 9.17) is 4.74 Å². The third kappa shape index (κ3) is 3.63. The normalized spacial score (nSPS) is 24.1. The first-order valence-electron chi connectivity index (χ1n) is 8.91. The second kappa shape index (κ2) is 7.72. The highest BCUT2D eigenvalue weighted by Gasteiger charge is 2.44. The lowest BCUT2D eigenvalue weighted by atomic mass is 10.1. The molecule has 1 aliphatic rings. The Morgan fingerprint density at radius 1 is 1.24 bits per heavy atom. The fourth-order valence-corrected chi connectivity index (χ4v) is 3.24. The molecule has 2 aromatic heterocycles. The van der Waals surface area contributed by atoms with Gasteiger partial charge in [-0.1, -0.05) is 30.3 Å². The number of amides is 1. The van der Waals surface area contributed by atoms with E-state index in [1.807, 2.05) is 18.2 Å². The summed E-state index contributed by atoms with van der Waals surface area (Å²) in [5.74, 6) is -0.463. The summed E-state index contributed by atoms with van der Waals surface area (Å²) >= 11 is 0. The van der Waals surface area contributed by atoms with Crippen LogP contribution in [-0.4, -0.2) is 65.7 Å². The highest BCUT2D eigenvalue weighted by Crippen LogP contribution is 2.30. The maximum Gasteiger partial charge on any atom is 0.280 e. The summed E-state index contributed by atoms with van der Waals surface area (Å²) in [5.41, 5.74) is 0.239. The van der Waals surface area contributed by atoms with E-state index in [2.05, 4.69) is 20.3 Å². The summed E-state index contributed by atoms with van der Waals surface area (Å²) in [6, 6.07) is 9.07. The van der Waals surface area contributed by atoms with Gasteiger partial charge in [0.2, 0.25) is 11.9 Å². The number of rotatable bonds is 5. The SMILES string of the molecule is O=C(Cc1ccccc1)Nc1nc2c(ncn2[C@@H]2O[C@H](CO)[C@H](O)[C@@H]2O)c(=O)[nH]1. The summed E-state index contributed by atoms with van der Waals surface area (Å²) in [5, 5.41) is 32.0. The van der Waals surface area contributed by atoms with Gasteiger partial charge >= 0.3 is 0 Å². The number of imidazole rings is 1. The molecule has 1 aromatic carbocycles. The molecular formula is C18H19N5O6. The van der Waals surface area contributed by atoms with Crippen LogP contribution in [-0.2, 0) is 16.0 Å². The number of aromatic nitrogens is 4. The third-order valence-corrected chi connectivity index (χ3v) is 4.69. The van der Waals surface area contributed by atoms with Gasteiger partial charge in [0.15, 0.2) is 17.4 Å². The Balaban J connectivity index is 1.62. The van der Waals surface area contributed by atoms with Crippen molar-refractivity contribution in [2.45, 2.75) is 31.0 Å². The molecule has 5 N–H and O–H groups in total. The molecule has 1 aliphatic heterocycles. The van der Waals surface area contributed by atoms with E-state index in [1.165, 1.54) is 10.9 Å². The van der Waals surface area contributed by atoms with Crippen LogP contribution in [0.25, 0.3) is 11.2 Å². The van der Waals surface area contributed by atoms with E-state index in [0.717, 1.165) is 5.56 Å². The molecule has 0 spiro atoms. The van der Waals surface area contributed by atoms with Crippen LogP contribution < -0.4 is 10.9 Å². The van der Waals surface area contributed by atoms with Crippen LogP contribution in [0.2, 0.25) is 0 Å². The van der Waals surface area contributed by atoms with Crippen molar-refractivity contribution >= 4 is 23.0 Å². The van der Waals surface area contributed by atoms with E-state index < -0.39 is 36.7 Å². The molecule has 0 bridgehead atoms. The minimum atomic E-state index is -1.36. The van der Waals surface area contributed by atoms with Crippen molar-refractivity contribution in [1.29, 1.82) is 0 Å². The lowest BCUT2D eigenvalue weighted by Crippen LogP contribution is -2.33. The summed E-state index contributed by atoms with van der Waals surface area (Å²) in [6.45, 7) is -0.490. The third-order valence-electron chi connectivity index (χ3n) is 4.69. The predicted molar refractivity (Wildman–Crippen MR) is 99.9 cm³/mol. The number of H-pyrrole nitrogens is 1. The van der Waals surface area contributed by atoms with Gasteiger partial charge in [-0.05, 0) is 5.56 Å². The number of ether oxygens (including phenoxy) is 1. The molecule has 11 nitrogen and oxygen atoms in total. The van der Waals surface area contributed by atoms with E-state index in [0.29, 0.717) is 0 Å². The average Bonchev–Trinajstić information content (AvgIpc) is 3.24. The smallest absolute Gasteiger partial charge is 0.280 e. The predicted octanol–water partition coefficient (Wildman–Crippen LogP) is -1.09. The molecule has 3 heterocycles. The van der Waals surface area contributed by atoms with Crippen molar-refractivity contribution in [2.24, 2.45) is 0 Å².